The van der Waals surface area contributed by atoms with E-state index in [0.717, 1.165) is 25.0 Å². The van der Waals surface area contributed by atoms with Gasteiger partial charge in [-0.25, -0.2) is 0 Å². The molecule has 2 atom stereocenters. The number of carbonyl (C=O) groups excluding carboxylic acids is 1. The summed E-state index contributed by atoms with van der Waals surface area (Å²) in [6.07, 6.45) is -3.55. The zero-order valence-corrected chi connectivity index (χ0v) is 12.5. The number of carbonyl (C=O) groups is 1. The third kappa shape index (κ3) is 3.67. The van der Waals surface area contributed by atoms with Crippen LogP contribution in [0.15, 0.2) is 24.3 Å². The highest BCUT2D eigenvalue weighted by molar-refractivity contribution is 5.81. The summed E-state index contributed by atoms with van der Waals surface area (Å²) < 4.78 is 48.8. The Balaban J connectivity index is 1.67. The summed E-state index contributed by atoms with van der Waals surface area (Å²) in [6.45, 7) is 1.78. The van der Waals surface area contributed by atoms with Gasteiger partial charge in [0.2, 0.25) is 0 Å². The third-order valence-corrected chi connectivity index (χ3v) is 4.19. The molecule has 0 N–H and O–H groups in total. The molecule has 2 fully saturated rings. The van der Waals surface area contributed by atoms with E-state index in [4.69, 9.17) is 9.47 Å². The second-order valence-corrected chi connectivity index (χ2v) is 5.77. The maximum absolute atomic E-state index is 12.6. The maximum Gasteiger partial charge on any atom is 0.416 e. The summed E-state index contributed by atoms with van der Waals surface area (Å²) in [4.78, 5) is 14.0. The van der Waals surface area contributed by atoms with E-state index in [0.29, 0.717) is 31.9 Å². The van der Waals surface area contributed by atoms with Crippen LogP contribution in [0, 0.1) is 0 Å². The Bertz CT molecular complexity index is 553. The van der Waals surface area contributed by atoms with Crippen molar-refractivity contribution in [2.45, 2.75) is 31.2 Å². The first-order valence-electron chi connectivity index (χ1n) is 7.64. The highest BCUT2D eigenvalue weighted by Crippen LogP contribution is 2.31. The first-order valence-corrected chi connectivity index (χ1v) is 7.64. The van der Waals surface area contributed by atoms with Gasteiger partial charge < -0.3 is 14.4 Å². The van der Waals surface area contributed by atoms with E-state index >= 15 is 0 Å². The Hall–Kier alpha value is -1.60. The topological polar surface area (TPSA) is 38.8 Å². The Morgan fingerprint density at radius 2 is 1.87 bits per heavy atom. The molecule has 0 unspecified atom stereocenters. The molecule has 23 heavy (non-hydrogen) atoms. The molecular formula is C16H18F3NO3. The largest absolute Gasteiger partial charge is 0.416 e. The van der Waals surface area contributed by atoms with Crippen molar-refractivity contribution < 1.29 is 27.4 Å². The van der Waals surface area contributed by atoms with Crippen LogP contribution < -0.4 is 0 Å². The van der Waals surface area contributed by atoms with Gasteiger partial charge in [0.1, 0.15) is 12.2 Å². The van der Waals surface area contributed by atoms with E-state index in [1.165, 1.54) is 12.1 Å². The number of ether oxygens (including phenoxy) is 2. The molecule has 0 radical (unpaired) electrons. The van der Waals surface area contributed by atoms with Crippen molar-refractivity contribution in [3.63, 3.8) is 0 Å². The number of benzene rings is 1. The van der Waals surface area contributed by atoms with E-state index in [1.54, 1.807) is 4.90 Å². The van der Waals surface area contributed by atoms with Gasteiger partial charge in [-0.2, -0.15) is 13.2 Å². The van der Waals surface area contributed by atoms with Crippen LogP contribution in [0.2, 0.25) is 0 Å². The molecule has 7 heteroatoms. The van der Waals surface area contributed by atoms with Crippen LogP contribution in [0.1, 0.15) is 30.1 Å². The van der Waals surface area contributed by atoms with Gasteiger partial charge in [-0.15, -0.1) is 0 Å². The van der Waals surface area contributed by atoms with E-state index < -0.39 is 17.8 Å². The summed E-state index contributed by atoms with van der Waals surface area (Å²) in [5.74, 6) is -0.0530. The molecular weight excluding hydrogens is 311 g/mol. The molecule has 2 saturated heterocycles. The summed E-state index contributed by atoms with van der Waals surface area (Å²) in [5.41, 5.74) is -0.0489. The van der Waals surface area contributed by atoms with E-state index in [-0.39, 0.29) is 12.0 Å². The number of halogens is 3. The summed E-state index contributed by atoms with van der Waals surface area (Å²) in [5, 5.41) is 0. The number of rotatable bonds is 2. The van der Waals surface area contributed by atoms with Gasteiger partial charge in [0.05, 0.1) is 18.7 Å². The maximum atomic E-state index is 12.6. The SMILES string of the molecule is O=C([C@H]1CCCO1)N1CCO[C@@H](c2ccc(C(F)(F)F)cc2)C1. The minimum atomic E-state index is -4.35. The standard InChI is InChI=1S/C16H18F3NO3/c17-16(18,19)12-5-3-11(4-6-12)14-10-20(7-9-23-14)15(21)13-2-1-8-22-13/h3-6,13-14H,1-2,7-10H2/t13-,14-/m1/s1. The minimum Gasteiger partial charge on any atom is -0.370 e. The molecule has 2 heterocycles. The fourth-order valence-electron chi connectivity index (χ4n) is 2.91. The van der Waals surface area contributed by atoms with Gasteiger partial charge in [-0.05, 0) is 30.5 Å². The van der Waals surface area contributed by atoms with Gasteiger partial charge in [-0.1, -0.05) is 12.1 Å². The van der Waals surface area contributed by atoms with Crippen LogP contribution in [-0.4, -0.2) is 43.2 Å². The highest BCUT2D eigenvalue weighted by Gasteiger charge is 2.33. The fraction of sp³-hybridized carbons (Fsp3) is 0.562. The lowest BCUT2D eigenvalue weighted by molar-refractivity contribution is -0.148. The number of nitrogens with zero attached hydrogens (tertiary/aromatic N) is 1. The summed E-state index contributed by atoms with van der Waals surface area (Å²) >= 11 is 0. The Labute approximate surface area is 132 Å². The van der Waals surface area contributed by atoms with Gasteiger partial charge in [0, 0.05) is 13.2 Å². The predicted molar refractivity (Wildman–Crippen MR) is 75.7 cm³/mol. The van der Waals surface area contributed by atoms with Crippen LogP contribution >= 0.6 is 0 Å². The van der Waals surface area contributed by atoms with Crippen molar-refractivity contribution in [3.8, 4) is 0 Å². The fourth-order valence-corrected chi connectivity index (χ4v) is 2.91. The lowest BCUT2D eigenvalue weighted by Crippen LogP contribution is -2.46. The van der Waals surface area contributed by atoms with Crippen LogP contribution in [0.25, 0.3) is 0 Å². The van der Waals surface area contributed by atoms with Gasteiger partial charge in [0.25, 0.3) is 5.91 Å². The first kappa shape index (κ1) is 16.3. The molecule has 2 aliphatic rings. The number of morpholine rings is 1. The molecule has 126 valence electrons. The second kappa shape index (κ2) is 6.49. The Morgan fingerprint density at radius 3 is 2.48 bits per heavy atom. The smallest absolute Gasteiger partial charge is 0.370 e. The van der Waals surface area contributed by atoms with E-state index in [9.17, 15) is 18.0 Å². The van der Waals surface area contributed by atoms with Crippen molar-refractivity contribution >= 4 is 5.91 Å². The van der Waals surface area contributed by atoms with E-state index in [2.05, 4.69) is 0 Å². The molecule has 3 rings (SSSR count). The average molecular weight is 329 g/mol. The molecule has 0 spiro atoms. The quantitative estimate of drug-likeness (QED) is 0.837. The predicted octanol–water partition coefficient (Wildman–Crippen LogP) is 2.78. The zero-order valence-electron chi connectivity index (χ0n) is 12.5. The minimum absolute atomic E-state index is 0.0530. The normalized spacial score (nSPS) is 25.6. The lowest BCUT2D eigenvalue weighted by Gasteiger charge is -2.34. The van der Waals surface area contributed by atoms with Crippen molar-refractivity contribution in [1.29, 1.82) is 0 Å². The van der Waals surface area contributed by atoms with Gasteiger partial charge >= 0.3 is 6.18 Å². The monoisotopic (exact) mass is 329 g/mol. The number of hydrogen-bond donors (Lipinski definition) is 0. The van der Waals surface area contributed by atoms with E-state index in [1.807, 2.05) is 0 Å². The summed E-state index contributed by atoms with van der Waals surface area (Å²) in [6, 6.07) is 4.90. The van der Waals surface area contributed by atoms with Crippen LogP contribution in [-0.2, 0) is 20.4 Å². The van der Waals surface area contributed by atoms with Crippen LogP contribution in [0.4, 0.5) is 13.2 Å². The Kier molecular flexibility index (Phi) is 4.59. The molecule has 2 aliphatic heterocycles. The van der Waals surface area contributed by atoms with Crippen LogP contribution in [0.5, 0.6) is 0 Å². The molecule has 0 saturated carbocycles. The summed E-state index contributed by atoms with van der Waals surface area (Å²) in [7, 11) is 0. The van der Waals surface area contributed by atoms with Crippen molar-refractivity contribution in [2.24, 2.45) is 0 Å². The van der Waals surface area contributed by atoms with Crippen LogP contribution in [0.3, 0.4) is 0 Å². The third-order valence-electron chi connectivity index (χ3n) is 4.19. The number of hydrogen-bond acceptors (Lipinski definition) is 3. The molecule has 1 aromatic carbocycles. The molecule has 0 aliphatic carbocycles. The average Bonchev–Trinajstić information content (AvgIpc) is 3.08. The second-order valence-electron chi connectivity index (χ2n) is 5.77. The molecule has 4 nitrogen and oxygen atoms in total. The lowest BCUT2D eigenvalue weighted by atomic mass is 10.0. The van der Waals surface area contributed by atoms with Crippen molar-refractivity contribution in [2.75, 3.05) is 26.3 Å². The Morgan fingerprint density at radius 1 is 1.13 bits per heavy atom. The van der Waals surface area contributed by atoms with Gasteiger partial charge in [-0.3, -0.25) is 4.79 Å². The number of amides is 1. The zero-order chi connectivity index (χ0) is 16.4. The molecule has 1 amide bonds. The first-order chi connectivity index (χ1) is 10.9. The molecule has 0 aromatic heterocycles. The van der Waals surface area contributed by atoms with Gasteiger partial charge in [0.15, 0.2) is 0 Å². The molecule has 1 aromatic rings. The van der Waals surface area contributed by atoms with Crippen molar-refractivity contribution in [1.82, 2.24) is 4.90 Å². The molecule has 0 bridgehead atoms. The van der Waals surface area contributed by atoms with Crippen molar-refractivity contribution in [3.05, 3.63) is 35.4 Å². The highest BCUT2D eigenvalue weighted by atomic mass is 19.4. The number of alkyl halides is 3.